The van der Waals surface area contributed by atoms with E-state index in [-0.39, 0.29) is 24.2 Å². The monoisotopic (exact) mass is 217 g/mol. The molecular formula is C13H15NO2. The Bertz CT molecular complexity index is 435. The minimum absolute atomic E-state index is 0.0228. The number of rotatable bonds is 1. The van der Waals surface area contributed by atoms with E-state index >= 15 is 0 Å². The van der Waals surface area contributed by atoms with Gasteiger partial charge >= 0.3 is 0 Å². The van der Waals surface area contributed by atoms with Crippen molar-refractivity contribution in [3.8, 4) is 0 Å². The van der Waals surface area contributed by atoms with Crippen molar-refractivity contribution in [1.82, 2.24) is 5.32 Å². The third-order valence-electron chi connectivity index (χ3n) is 2.93. The lowest BCUT2D eigenvalue weighted by atomic mass is 9.92. The molecule has 16 heavy (non-hydrogen) atoms. The Labute approximate surface area is 94.9 Å². The average molecular weight is 217 g/mol. The molecule has 1 aliphatic rings. The fourth-order valence-electron chi connectivity index (χ4n) is 2.10. The first kappa shape index (κ1) is 10.9. The number of aryl methyl sites for hydroxylation is 2. The zero-order valence-electron chi connectivity index (χ0n) is 9.54. The summed E-state index contributed by atoms with van der Waals surface area (Å²) in [4.78, 5) is 22.7. The standard InChI is InChI=1S/C13H15NO2/c1-8-3-4-9(2)11(5-8)12-6-10(15)7-13(16)14-12/h3-5,12H,6-7H2,1-2H3,(H,14,16). The predicted molar refractivity (Wildman–Crippen MR) is 61.0 cm³/mol. The number of ketones is 1. The van der Waals surface area contributed by atoms with Gasteiger partial charge in [0.05, 0.1) is 12.5 Å². The van der Waals surface area contributed by atoms with Crippen LogP contribution in [0.2, 0.25) is 0 Å². The summed E-state index contributed by atoms with van der Waals surface area (Å²) in [5.74, 6) is -0.142. The van der Waals surface area contributed by atoms with Crippen LogP contribution in [0.15, 0.2) is 18.2 Å². The lowest BCUT2D eigenvalue weighted by Gasteiger charge is -2.24. The number of benzene rings is 1. The van der Waals surface area contributed by atoms with Crippen molar-refractivity contribution in [2.75, 3.05) is 0 Å². The van der Waals surface area contributed by atoms with Crippen molar-refractivity contribution in [2.24, 2.45) is 0 Å². The van der Waals surface area contributed by atoms with Crippen molar-refractivity contribution in [1.29, 1.82) is 0 Å². The third kappa shape index (κ3) is 2.13. The van der Waals surface area contributed by atoms with E-state index < -0.39 is 0 Å². The van der Waals surface area contributed by atoms with Crippen LogP contribution in [0.3, 0.4) is 0 Å². The molecule has 1 N–H and O–H groups in total. The van der Waals surface area contributed by atoms with Gasteiger partial charge in [-0.25, -0.2) is 0 Å². The van der Waals surface area contributed by atoms with Crippen molar-refractivity contribution in [3.05, 3.63) is 34.9 Å². The van der Waals surface area contributed by atoms with Crippen molar-refractivity contribution < 1.29 is 9.59 Å². The lowest BCUT2D eigenvalue weighted by Crippen LogP contribution is -2.37. The van der Waals surface area contributed by atoms with Crippen LogP contribution in [-0.2, 0) is 9.59 Å². The van der Waals surface area contributed by atoms with Crippen LogP contribution in [0, 0.1) is 13.8 Å². The Balaban J connectivity index is 2.32. The molecule has 84 valence electrons. The fourth-order valence-corrected chi connectivity index (χ4v) is 2.10. The van der Waals surface area contributed by atoms with Gasteiger partial charge in [0.2, 0.25) is 5.91 Å². The minimum atomic E-state index is -0.165. The highest BCUT2D eigenvalue weighted by Gasteiger charge is 2.26. The maximum atomic E-state index is 11.4. The highest BCUT2D eigenvalue weighted by atomic mass is 16.2. The molecule has 0 saturated carbocycles. The van der Waals surface area contributed by atoms with Gasteiger partial charge in [-0.1, -0.05) is 23.8 Å². The summed E-state index contributed by atoms with van der Waals surface area (Å²) >= 11 is 0. The molecule has 1 heterocycles. The molecule has 3 nitrogen and oxygen atoms in total. The van der Waals surface area contributed by atoms with E-state index in [1.54, 1.807) is 0 Å². The first-order chi connectivity index (χ1) is 7.56. The Morgan fingerprint density at radius 3 is 2.69 bits per heavy atom. The number of hydrogen-bond acceptors (Lipinski definition) is 2. The van der Waals surface area contributed by atoms with Gasteiger partial charge in [-0.3, -0.25) is 9.59 Å². The number of carbonyl (C=O) groups excluding carboxylic acids is 2. The van der Waals surface area contributed by atoms with E-state index in [4.69, 9.17) is 0 Å². The van der Waals surface area contributed by atoms with Gasteiger partial charge < -0.3 is 5.32 Å². The van der Waals surface area contributed by atoms with Crippen molar-refractivity contribution in [3.63, 3.8) is 0 Å². The minimum Gasteiger partial charge on any atom is -0.348 e. The Kier molecular flexibility index (Phi) is 2.77. The number of hydrogen-bond donors (Lipinski definition) is 1. The van der Waals surface area contributed by atoms with Gasteiger partial charge in [0.15, 0.2) is 0 Å². The van der Waals surface area contributed by atoms with Crippen LogP contribution in [0.4, 0.5) is 0 Å². The number of nitrogens with one attached hydrogen (secondary N) is 1. The molecule has 0 bridgehead atoms. The number of amides is 1. The van der Waals surface area contributed by atoms with Gasteiger partial charge in [-0.05, 0) is 25.0 Å². The summed E-state index contributed by atoms with van der Waals surface area (Å²) in [6, 6.07) is 5.95. The van der Waals surface area contributed by atoms with E-state index in [0.29, 0.717) is 6.42 Å². The smallest absolute Gasteiger partial charge is 0.227 e. The lowest BCUT2D eigenvalue weighted by molar-refractivity contribution is -0.132. The molecule has 1 aromatic carbocycles. The summed E-state index contributed by atoms with van der Waals surface area (Å²) in [6.45, 7) is 4.01. The largest absolute Gasteiger partial charge is 0.348 e. The summed E-state index contributed by atoms with van der Waals surface area (Å²) in [7, 11) is 0. The molecule has 1 fully saturated rings. The van der Waals surface area contributed by atoms with Crippen LogP contribution in [-0.4, -0.2) is 11.7 Å². The quantitative estimate of drug-likeness (QED) is 0.729. The van der Waals surface area contributed by atoms with Gasteiger partial charge in [-0.15, -0.1) is 0 Å². The summed E-state index contributed by atoms with van der Waals surface area (Å²) in [5, 5.41) is 2.87. The molecule has 3 heteroatoms. The Hall–Kier alpha value is -1.64. The molecule has 1 aromatic rings. The maximum absolute atomic E-state index is 11.4. The first-order valence-corrected chi connectivity index (χ1v) is 5.44. The first-order valence-electron chi connectivity index (χ1n) is 5.44. The molecule has 1 aliphatic heterocycles. The molecule has 0 aromatic heterocycles. The van der Waals surface area contributed by atoms with Crippen LogP contribution in [0.1, 0.15) is 35.6 Å². The molecule has 2 rings (SSSR count). The van der Waals surface area contributed by atoms with Crippen LogP contribution in [0.25, 0.3) is 0 Å². The average Bonchev–Trinajstić information content (AvgIpc) is 2.20. The summed E-state index contributed by atoms with van der Waals surface area (Å²) < 4.78 is 0. The molecular weight excluding hydrogens is 202 g/mol. The number of carbonyl (C=O) groups is 2. The fraction of sp³-hybridized carbons (Fsp3) is 0.385. The van der Waals surface area contributed by atoms with Crippen molar-refractivity contribution >= 4 is 11.7 Å². The van der Waals surface area contributed by atoms with E-state index in [2.05, 4.69) is 5.32 Å². The molecule has 0 aliphatic carbocycles. The second kappa shape index (κ2) is 4.08. The van der Waals surface area contributed by atoms with E-state index in [0.717, 1.165) is 16.7 Å². The molecule has 1 amide bonds. The molecule has 1 unspecified atom stereocenters. The van der Waals surface area contributed by atoms with Crippen LogP contribution in [0.5, 0.6) is 0 Å². The summed E-state index contributed by atoms with van der Waals surface area (Å²) in [6.07, 6.45) is 0.442. The second-order valence-corrected chi connectivity index (χ2v) is 4.40. The SMILES string of the molecule is Cc1ccc(C)c(C2CC(=O)CC(=O)N2)c1. The van der Waals surface area contributed by atoms with Gasteiger partial charge in [0, 0.05) is 6.42 Å². The molecule has 1 atom stereocenters. The summed E-state index contributed by atoms with van der Waals surface area (Å²) in [5.41, 5.74) is 3.32. The molecule has 0 radical (unpaired) electrons. The number of piperidine rings is 1. The van der Waals surface area contributed by atoms with Gasteiger partial charge in [0.1, 0.15) is 5.78 Å². The Morgan fingerprint density at radius 1 is 1.25 bits per heavy atom. The highest BCUT2D eigenvalue weighted by Crippen LogP contribution is 2.25. The predicted octanol–water partition coefficient (Wildman–Crippen LogP) is 1.82. The second-order valence-electron chi connectivity index (χ2n) is 4.40. The zero-order valence-corrected chi connectivity index (χ0v) is 9.54. The number of Topliss-reactive ketones (excluding diaryl/α,β-unsaturated/α-hetero) is 1. The van der Waals surface area contributed by atoms with Crippen LogP contribution >= 0.6 is 0 Å². The maximum Gasteiger partial charge on any atom is 0.227 e. The Morgan fingerprint density at radius 2 is 2.00 bits per heavy atom. The third-order valence-corrected chi connectivity index (χ3v) is 2.93. The topological polar surface area (TPSA) is 46.2 Å². The molecule has 0 spiro atoms. The normalized spacial score (nSPS) is 20.8. The molecule has 1 saturated heterocycles. The van der Waals surface area contributed by atoms with Gasteiger partial charge in [-0.2, -0.15) is 0 Å². The zero-order chi connectivity index (χ0) is 11.7. The highest BCUT2D eigenvalue weighted by molar-refractivity contribution is 6.00. The van der Waals surface area contributed by atoms with Crippen LogP contribution < -0.4 is 5.32 Å². The van der Waals surface area contributed by atoms with Crippen molar-refractivity contribution in [2.45, 2.75) is 32.7 Å². The van der Waals surface area contributed by atoms with E-state index in [1.807, 2.05) is 32.0 Å². The van der Waals surface area contributed by atoms with Gasteiger partial charge in [0.25, 0.3) is 0 Å². The van der Waals surface area contributed by atoms with E-state index in [9.17, 15) is 9.59 Å². The van der Waals surface area contributed by atoms with E-state index in [1.165, 1.54) is 0 Å².